The maximum Gasteiger partial charge on any atom is 0.129 e. The van der Waals surface area contributed by atoms with Gasteiger partial charge in [-0.15, -0.1) is 0 Å². The summed E-state index contributed by atoms with van der Waals surface area (Å²) in [6.07, 6.45) is 2.80. The monoisotopic (exact) mass is 171 g/mol. The van der Waals surface area contributed by atoms with Crippen molar-refractivity contribution in [2.45, 2.75) is 40.0 Å². The zero-order chi connectivity index (χ0) is 9.56. The van der Waals surface area contributed by atoms with Crippen molar-refractivity contribution in [1.29, 1.82) is 0 Å². The number of hydrogen-bond acceptors (Lipinski definition) is 2. The second kappa shape index (κ2) is 6.18. The first kappa shape index (κ1) is 11.6. The second-order valence-corrected chi connectivity index (χ2v) is 3.77. The normalized spacial score (nSPS) is 15.7. The summed E-state index contributed by atoms with van der Waals surface area (Å²) < 4.78 is 0. The predicted octanol–water partition coefficient (Wildman–Crippen LogP) is 1.98. The van der Waals surface area contributed by atoms with Crippen LogP contribution in [0, 0.1) is 11.8 Å². The molecule has 0 rings (SSSR count). The molecule has 0 amide bonds. The first-order chi connectivity index (χ1) is 5.57. The largest absolute Gasteiger partial charge is 0.330 e. The molecular weight excluding hydrogens is 150 g/mol. The quantitative estimate of drug-likeness (QED) is 0.664. The van der Waals surface area contributed by atoms with Crippen LogP contribution in [0.2, 0.25) is 0 Å². The highest BCUT2D eigenvalue weighted by Crippen LogP contribution is 2.19. The van der Waals surface area contributed by atoms with E-state index in [-0.39, 0.29) is 0 Å². The average molecular weight is 171 g/mol. The second-order valence-electron chi connectivity index (χ2n) is 3.77. The van der Waals surface area contributed by atoms with Crippen LogP contribution in [-0.2, 0) is 4.79 Å². The highest BCUT2D eigenvalue weighted by Gasteiger charge is 2.11. The summed E-state index contributed by atoms with van der Waals surface area (Å²) in [5.41, 5.74) is 5.46. The average Bonchev–Trinajstić information content (AvgIpc) is 2.00. The minimum Gasteiger partial charge on any atom is -0.330 e. The fraction of sp³-hybridized carbons (Fsp3) is 0.900. The molecule has 0 aromatic rings. The van der Waals surface area contributed by atoms with Crippen LogP contribution in [0.25, 0.3) is 0 Å². The van der Waals surface area contributed by atoms with Gasteiger partial charge in [-0.1, -0.05) is 13.8 Å². The number of hydrogen-bond donors (Lipinski definition) is 1. The number of nitrogens with two attached hydrogens (primary N) is 1. The van der Waals surface area contributed by atoms with Crippen LogP contribution < -0.4 is 5.73 Å². The zero-order valence-electron chi connectivity index (χ0n) is 8.47. The maximum atomic E-state index is 10.7. The van der Waals surface area contributed by atoms with E-state index in [4.69, 9.17) is 5.73 Å². The summed E-state index contributed by atoms with van der Waals surface area (Å²) >= 11 is 0. The van der Waals surface area contributed by atoms with E-state index in [1.54, 1.807) is 6.92 Å². The van der Waals surface area contributed by atoms with Gasteiger partial charge in [-0.2, -0.15) is 0 Å². The lowest BCUT2D eigenvalue weighted by atomic mass is 9.89. The molecule has 0 aromatic heterocycles. The van der Waals surface area contributed by atoms with Crippen LogP contribution in [0.4, 0.5) is 0 Å². The van der Waals surface area contributed by atoms with E-state index in [0.717, 1.165) is 25.8 Å². The van der Waals surface area contributed by atoms with Crippen LogP contribution in [0.15, 0.2) is 0 Å². The summed E-state index contributed by atoms with van der Waals surface area (Å²) in [4.78, 5) is 10.7. The molecule has 0 aliphatic carbocycles. The lowest BCUT2D eigenvalue weighted by Gasteiger charge is -2.18. The smallest absolute Gasteiger partial charge is 0.129 e. The molecule has 0 saturated carbocycles. The van der Waals surface area contributed by atoms with Crippen molar-refractivity contribution in [2.75, 3.05) is 6.54 Å². The van der Waals surface area contributed by atoms with Gasteiger partial charge in [0, 0.05) is 6.42 Å². The molecule has 0 heterocycles. The van der Waals surface area contributed by atoms with Gasteiger partial charge in [0.05, 0.1) is 0 Å². The molecule has 0 radical (unpaired) electrons. The summed E-state index contributed by atoms with van der Waals surface area (Å²) in [7, 11) is 0. The third-order valence-electron chi connectivity index (χ3n) is 2.55. The molecule has 0 saturated heterocycles. The molecule has 0 aromatic carbocycles. The fourth-order valence-corrected chi connectivity index (χ4v) is 1.26. The van der Waals surface area contributed by atoms with E-state index in [0.29, 0.717) is 17.6 Å². The van der Waals surface area contributed by atoms with E-state index in [1.807, 2.05) is 0 Å². The van der Waals surface area contributed by atoms with Gasteiger partial charge in [0.2, 0.25) is 0 Å². The van der Waals surface area contributed by atoms with E-state index < -0.39 is 0 Å². The van der Waals surface area contributed by atoms with Gasteiger partial charge >= 0.3 is 0 Å². The standard InChI is InChI=1S/C10H21NO/c1-8(4-5-10(3)12)9(2)6-7-11/h8-9H,4-7,11H2,1-3H3. The molecule has 0 bridgehead atoms. The van der Waals surface area contributed by atoms with E-state index in [2.05, 4.69) is 13.8 Å². The van der Waals surface area contributed by atoms with Crippen LogP contribution in [-0.4, -0.2) is 12.3 Å². The maximum absolute atomic E-state index is 10.7. The molecule has 12 heavy (non-hydrogen) atoms. The van der Waals surface area contributed by atoms with E-state index in [1.165, 1.54) is 0 Å². The first-order valence-corrected chi connectivity index (χ1v) is 4.77. The number of ketones is 1. The van der Waals surface area contributed by atoms with Gasteiger partial charge < -0.3 is 10.5 Å². The summed E-state index contributed by atoms with van der Waals surface area (Å²) in [6, 6.07) is 0. The lowest BCUT2D eigenvalue weighted by Crippen LogP contribution is -2.14. The van der Waals surface area contributed by atoms with Crippen LogP contribution >= 0.6 is 0 Å². The zero-order valence-corrected chi connectivity index (χ0v) is 8.47. The van der Waals surface area contributed by atoms with Crippen molar-refractivity contribution >= 4 is 5.78 Å². The van der Waals surface area contributed by atoms with Crippen molar-refractivity contribution in [3.63, 3.8) is 0 Å². The molecule has 2 N–H and O–H groups in total. The Morgan fingerprint density at radius 2 is 1.75 bits per heavy atom. The highest BCUT2D eigenvalue weighted by atomic mass is 16.1. The van der Waals surface area contributed by atoms with E-state index >= 15 is 0 Å². The Hall–Kier alpha value is -0.370. The minimum atomic E-state index is 0.293. The molecule has 0 aliphatic heterocycles. The van der Waals surface area contributed by atoms with Gasteiger partial charge in [-0.05, 0) is 38.1 Å². The highest BCUT2D eigenvalue weighted by molar-refractivity contribution is 5.75. The summed E-state index contributed by atoms with van der Waals surface area (Å²) in [6.45, 7) is 6.81. The Morgan fingerprint density at radius 3 is 2.17 bits per heavy atom. The Balaban J connectivity index is 3.55. The van der Waals surface area contributed by atoms with Gasteiger partial charge in [0.1, 0.15) is 5.78 Å². The van der Waals surface area contributed by atoms with Crippen LogP contribution in [0.1, 0.15) is 40.0 Å². The fourth-order valence-electron chi connectivity index (χ4n) is 1.26. The van der Waals surface area contributed by atoms with Gasteiger partial charge in [0.15, 0.2) is 0 Å². The third kappa shape index (κ3) is 5.30. The molecule has 0 aliphatic rings. The van der Waals surface area contributed by atoms with Gasteiger partial charge in [0.25, 0.3) is 0 Å². The molecule has 2 nitrogen and oxygen atoms in total. The van der Waals surface area contributed by atoms with Crippen molar-refractivity contribution in [3.05, 3.63) is 0 Å². The van der Waals surface area contributed by atoms with Crippen molar-refractivity contribution < 1.29 is 4.79 Å². The Morgan fingerprint density at radius 1 is 1.25 bits per heavy atom. The topological polar surface area (TPSA) is 43.1 Å². The predicted molar refractivity (Wildman–Crippen MR) is 51.9 cm³/mol. The van der Waals surface area contributed by atoms with Crippen LogP contribution in [0.3, 0.4) is 0 Å². The number of rotatable bonds is 6. The molecule has 2 heteroatoms. The number of carbonyl (C=O) groups is 1. The molecule has 2 unspecified atom stereocenters. The van der Waals surface area contributed by atoms with Crippen molar-refractivity contribution in [2.24, 2.45) is 17.6 Å². The van der Waals surface area contributed by atoms with Crippen LogP contribution in [0.5, 0.6) is 0 Å². The minimum absolute atomic E-state index is 0.293. The van der Waals surface area contributed by atoms with Crippen molar-refractivity contribution in [3.8, 4) is 0 Å². The Labute approximate surface area is 75.5 Å². The molecule has 0 fully saturated rings. The first-order valence-electron chi connectivity index (χ1n) is 4.77. The Kier molecular flexibility index (Phi) is 5.99. The SMILES string of the molecule is CC(=O)CCC(C)C(C)CCN. The van der Waals surface area contributed by atoms with Gasteiger partial charge in [-0.25, -0.2) is 0 Å². The number of Topliss-reactive ketones (excluding diaryl/α,β-unsaturated/α-hetero) is 1. The lowest BCUT2D eigenvalue weighted by molar-refractivity contribution is -0.117. The number of carbonyl (C=O) groups excluding carboxylic acids is 1. The molecular formula is C10H21NO. The van der Waals surface area contributed by atoms with Gasteiger partial charge in [-0.3, -0.25) is 0 Å². The molecule has 2 atom stereocenters. The van der Waals surface area contributed by atoms with E-state index in [9.17, 15) is 4.79 Å². The molecule has 0 spiro atoms. The molecule has 72 valence electrons. The van der Waals surface area contributed by atoms with Crippen molar-refractivity contribution in [1.82, 2.24) is 0 Å². The summed E-state index contributed by atoms with van der Waals surface area (Å²) in [5, 5.41) is 0. The Bertz CT molecular complexity index is 134. The third-order valence-corrected chi connectivity index (χ3v) is 2.55. The summed E-state index contributed by atoms with van der Waals surface area (Å²) in [5.74, 6) is 1.56.